The Kier molecular flexibility index (Phi) is 3.92. The number of hydrogen-bond donors (Lipinski definition) is 0. The lowest BCUT2D eigenvalue weighted by atomic mass is 10.1. The third-order valence-corrected chi connectivity index (χ3v) is 3.72. The Morgan fingerprint density at radius 2 is 1.86 bits per heavy atom. The van der Waals surface area contributed by atoms with Crippen LogP contribution in [0.5, 0.6) is 0 Å². The maximum Gasteiger partial charge on any atom is 0.310 e. The zero-order chi connectivity index (χ0) is 15.5. The number of anilines is 1. The van der Waals surface area contributed by atoms with E-state index in [1.165, 1.54) is 0 Å². The second kappa shape index (κ2) is 6.02. The zero-order valence-electron chi connectivity index (χ0n) is 12.4. The van der Waals surface area contributed by atoms with E-state index in [0.29, 0.717) is 13.2 Å². The van der Waals surface area contributed by atoms with E-state index in [9.17, 15) is 9.59 Å². The largest absolute Gasteiger partial charge is 0.466 e. The summed E-state index contributed by atoms with van der Waals surface area (Å²) in [7, 11) is 0. The topological polar surface area (TPSA) is 46.6 Å². The van der Waals surface area contributed by atoms with Gasteiger partial charge < -0.3 is 9.64 Å². The highest BCUT2D eigenvalue weighted by Crippen LogP contribution is 2.28. The van der Waals surface area contributed by atoms with Crippen LogP contribution in [-0.4, -0.2) is 18.5 Å². The summed E-state index contributed by atoms with van der Waals surface area (Å²) in [4.78, 5) is 25.6. The number of ether oxygens (including phenoxy) is 1. The maximum absolute atomic E-state index is 12.4. The zero-order valence-corrected chi connectivity index (χ0v) is 12.4. The molecule has 0 saturated heterocycles. The minimum Gasteiger partial charge on any atom is -0.466 e. The molecular formula is C18H17NO3. The fourth-order valence-corrected chi connectivity index (χ4v) is 2.64. The Labute approximate surface area is 129 Å². The Hall–Kier alpha value is -2.62. The molecule has 0 radical (unpaired) electrons. The molecule has 0 saturated carbocycles. The predicted molar refractivity (Wildman–Crippen MR) is 83.7 cm³/mol. The van der Waals surface area contributed by atoms with Gasteiger partial charge in [-0.2, -0.15) is 0 Å². The highest BCUT2D eigenvalue weighted by molar-refractivity contribution is 6.09. The Morgan fingerprint density at radius 3 is 2.55 bits per heavy atom. The lowest BCUT2D eigenvalue weighted by Gasteiger charge is -2.16. The van der Waals surface area contributed by atoms with Crippen molar-refractivity contribution < 1.29 is 14.3 Å². The van der Waals surface area contributed by atoms with Crippen molar-refractivity contribution in [2.24, 2.45) is 0 Å². The second-order valence-electron chi connectivity index (χ2n) is 5.20. The van der Waals surface area contributed by atoms with E-state index in [0.717, 1.165) is 22.4 Å². The molecule has 0 unspecified atom stereocenters. The first-order valence-corrected chi connectivity index (χ1v) is 7.33. The molecule has 0 fully saturated rings. The lowest BCUT2D eigenvalue weighted by molar-refractivity contribution is -0.142. The van der Waals surface area contributed by atoms with E-state index in [1.807, 2.05) is 48.5 Å². The van der Waals surface area contributed by atoms with Gasteiger partial charge in [-0.05, 0) is 36.2 Å². The number of esters is 1. The fraction of sp³-hybridized carbons (Fsp3) is 0.222. The summed E-state index contributed by atoms with van der Waals surface area (Å²) in [6.45, 7) is 2.77. The summed E-state index contributed by atoms with van der Waals surface area (Å²) in [5.41, 5.74) is 3.53. The number of carbonyl (C=O) groups is 2. The standard InChI is InChI=1S/C18H17NO3/c1-2-22-17(20)11-13-7-9-15(10-8-13)19-12-14-5-3-4-6-16(14)18(19)21/h3-10H,2,11-12H2,1H3. The number of nitrogens with zero attached hydrogens (tertiary/aromatic N) is 1. The summed E-state index contributed by atoms with van der Waals surface area (Å²) < 4.78 is 4.93. The van der Waals surface area contributed by atoms with E-state index < -0.39 is 0 Å². The minimum atomic E-state index is -0.236. The van der Waals surface area contributed by atoms with Gasteiger partial charge in [0.15, 0.2) is 0 Å². The van der Waals surface area contributed by atoms with Gasteiger partial charge in [0.2, 0.25) is 0 Å². The van der Waals surface area contributed by atoms with Crippen molar-refractivity contribution in [3.8, 4) is 0 Å². The van der Waals surface area contributed by atoms with Gasteiger partial charge in [-0.3, -0.25) is 9.59 Å². The molecule has 1 aliphatic heterocycles. The van der Waals surface area contributed by atoms with Crippen LogP contribution in [0.15, 0.2) is 48.5 Å². The van der Waals surface area contributed by atoms with Crippen LogP contribution >= 0.6 is 0 Å². The van der Waals surface area contributed by atoms with Crippen molar-refractivity contribution in [3.05, 3.63) is 65.2 Å². The van der Waals surface area contributed by atoms with Gasteiger partial charge in [-0.15, -0.1) is 0 Å². The van der Waals surface area contributed by atoms with E-state index in [2.05, 4.69) is 0 Å². The Balaban J connectivity index is 1.75. The van der Waals surface area contributed by atoms with Crippen LogP contribution in [0, 0.1) is 0 Å². The molecule has 22 heavy (non-hydrogen) atoms. The van der Waals surface area contributed by atoms with Crippen LogP contribution in [0.1, 0.15) is 28.4 Å². The van der Waals surface area contributed by atoms with Crippen molar-refractivity contribution >= 4 is 17.6 Å². The van der Waals surface area contributed by atoms with Gasteiger partial charge in [0.1, 0.15) is 0 Å². The molecule has 0 spiro atoms. The SMILES string of the molecule is CCOC(=O)Cc1ccc(N2Cc3ccccc3C2=O)cc1. The van der Waals surface area contributed by atoms with Crippen LogP contribution in [0.25, 0.3) is 0 Å². The summed E-state index contributed by atoms with van der Waals surface area (Å²) in [5, 5.41) is 0. The van der Waals surface area contributed by atoms with Crippen molar-refractivity contribution in [2.45, 2.75) is 19.9 Å². The van der Waals surface area contributed by atoms with Crippen LogP contribution in [-0.2, 0) is 22.5 Å². The van der Waals surface area contributed by atoms with Crippen molar-refractivity contribution in [2.75, 3.05) is 11.5 Å². The van der Waals surface area contributed by atoms with E-state index >= 15 is 0 Å². The molecule has 4 nitrogen and oxygen atoms in total. The molecular weight excluding hydrogens is 278 g/mol. The number of amides is 1. The smallest absolute Gasteiger partial charge is 0.310 e. The highest BCUT2D eigenvalue weighted by atomic mass is 16.5. The van der Waals surface area contributed by atoms with Crippen molar-refractivity contribution in [3.63, 3.8) is 0 Å². The first-order valence-electron chi connectivity index (χ1n) is 7.33. The third-order valence-electron chi connectivity index (χ3n) is 3.72. The van der Waals surface area contributed by atoms with Gasteiger partial charge in [0, 0.05) is 11.3 Å². The third kappa shape index (κ3) is 2.72. The second-order valence-corrected chi connectivity index (χ2v) is 5.20. The van der Waals surface area contributed by atoms with E-state index in [1.54, 1.807) is 11.8 Å². The number of rotatable bonds is 4. The first-order chi connectivity index (χ1) is 10.7. The fourth-order valence-electron chi connectivity index (χ4n) is 2.64. The average Bonchev–Trinajstić information content (AvgIpc) is 2.86. The van der Waals surface area contributed by atoms with Crippen molar-refractivity contribution in [1.82, 2.24) is 0 Å². The molecule has 0 N–H and O–H groups in total. The predicted octanol–water partition coefficient (Wildman–Crippen LogP) is 2.95. The summed E-state index contributed by atoms with van der Waals surface area (Å²) >= 11 is 0. The molecule has 0 aromatic heterocycles. The summed E-state index contributed by atoms with van der Waals surface area (Å²) in [5.74, 6) is -0.214. The van der Waals surface area contributed by atoms with Gasteiger partial charge in [-0.1, -0.05) is 30.3 Å². The van der Waals surface area contributed by atoms with E-state index in [4.69, 9.17) is 4.74 Å². The monoisotopic (exact) mass is 295 g/mol. The minimum absolute atomic E-state index is 0.0220. The average molecular weight is 295 g/mol. The molecule has 112 valence electrons. The van der Waals surface area contributed by atoms with E-state index in [-0.39, 0.29) is 18.3 Å². The summed E-state index contributed by atoms with van der Waals surface area (Å²) in [6, 6.07) is 15.1. The molecule has 0 bridgehead atoms. The number of benzene rings is 2. The molecule has 0 atom stereocenters. The molecule has 1 amide bonds. The molecule has 1 aliphatic rings. The molecule has 0 aliphatic carbocycles. The Bertz CT molecular complexity index is 707. The van der Waals surface area contributed by atoms with Crippen LogP contribution in [0.2, 0.25) is 0 Å². The lowest BCUT2D eigenvalue weighted by Crippen LogP contribution is -2.22. The molecule has 4 heteroatoms. The molecule has 1 heterocycles. The van der Waals surface area contributed by atoms with Gasteiger partial charge >= 0.3 is 5.97 Å². The molecule has 3 rings (SSSR count). The first kappa shape index (κ1) is 14.3. The normalized spacial score (nSPS) is 13.1. The van der Waals surface area contributed by atoms with Crippen LogP contribution in [0.3, 0.4) is 0 Å². The maximum atomic E-state index is 12.4. The number of hydrogen-bond acceptors (Lipinski definition) is 3. The van der Waals surface area contributed by atoms with Crippen LogP contribution < -0.4 is 4.90 Å². The van der Waals surface area contributed by atoms with Gasteiger partial charge in [0.25, 0.3) is 5.91 Å². The quantitative estimate of drug-likeness (QED) is 0.815. The number of carbonyl (C=O) groups excluding carboxylic acids is 2. The van der Waals surface area contributed by atoms with Crippen LogP contribution in [0.4, 0.5) is 5.69 Å². The van der Waals surface area contributed by atoms with Gasteiger partial charge in [0.05, 0.1) is 19.6 Å². The van der Waals surface area contributed by atoms with Gasteiger partial charge in [-0.25, -0.2) is 0 Å². The highest BCUT2D eigenvalue weighted by Gasteiger charge is 2.27. The number of fused-ring (bicyclic) bond motifs is 1. The molecule has 2 aromatic rings. The Morgan fingerprint density at radius 1 is 1.14 bits per heavy atom. The van der Waals surface area contributed by atoms with Crippen molar-refractivity contribution in [1.29, 1.82) is 0 Å². The molecule has 2 aromatic carbocycles. The summed E-state index contributed by atoms with van der Waals surface area (Å²) in [6.07, 6.45) is 0.252.